The molecule has 1 aromatic heterocycles. The Balaban J connectivity index is 2.58. The Morgan fingerprint density at radius 2 is 2.19 bits per heavy atom. The molecule has 6 nitrogen and oxygen atoms in total. The van der Waals surface area contributed by atoms with Crippen LogP contribution < -0.4 is 10.5 Å². The molecule has 90 valence electrons. The number of nitrogens with two attached hydrogens (primary N) is 1. The van der Waals surface area contributed by atoms with E-state index in [-0.39, 0.29) is 18.6 Å². The molecule has 3 N–H and O–H groups in total. The van der Waals surface area contributed by atoms with Crippen molar-refractivity contribution < 1.29 is 9.84 Å². The van der Waals surface area contributed by atoms with E-state index in [2.05, 4.69) is 15.0 Å². The SMILES string of the molecule is CCCOc1nc(N)nc(SCCCO)n1. The topological polar surface area (TPSA) is 94.2 Å². The van der Waals surface area contributed by atoms with Crippen LogP contribution in [0.25, 0.3) is 0 Å². The van der Waals surface area contributed by atoms with Gasteiger partial charge in [0.2, 0.25) is 5.95 Å². The van der Waals surface area contributed by atoms with Gasteiger partial charge in [-0.05, 0) is 12.8 Å². The number of rotatable bonds is 7. The maximum absolute atomic E-state index is 8.65. The van der Waals surface area contributed by atoms with Crippen molar-refractivity contribution in [3.05, 3.63) is 0 Å². The quantitative estimate of drug-likeness (QED) is 0.539. The van der Waals surface area contributed by atoms with Crippen LogP contribution in [-0.4, -0.2) is 39.0 Å². The summed E-state index contributed by atoms with van der Waals surface area (Å²) in [7, 11) is 0. The third kappa shape index (κ3) is 4.63. The van der Waals surface area contributed by atoms with Crippen LogP contribution in [0.15, 0.2) is 5.16 Å². The van der Waals surface area contributed by atoms with Gasteiger partial charge in [0, 0.05) is 12.4 Å². The van der Waals surface area contributed by atoms with Crippen LogP contribution in [0.4, 0.5) is 5.95 Å². The van der Waals surface area contributed by atoms with Crippen molar-refractivity contribution in [3.8, 4) is 6.01 Å². The fraction of sp³-hybridized carbons (Fsp3) is 0.667. The summed E-state index contributed by atoms with van der Waals surface area (Å²) in [6.07, 6.45) is 1.58. The van der Waals surface area contributed by atoms with Crippen LogP contribution in [0.2, 0.25) is 0 Å². The molecule has 0 amide bonds. The van der Waals surface area contributed by atoms with E-state index in [1.165, 1.54) is 11.8 Å². The Morgan fingerprint density at radius 3 is 2.88 bits per heavy atom. The second-order valence-corrected chi connectivity index (χ2v) is 4.09. The summed E-state index contributed by atoms with van der Waals surface area (Å²) >= 11 is 1.42. The molecule has 0 saturated heterocycles. The van der Waals surface area contributed by atoms with Crippen molar-refractivity contribution in [2.24, 2.45) is 0 Å². The van der Waals surface area contributed by atoms with Gasteiger partial charge in [-0.3, -0.25) is 0 Å². The van der Waals surface area contributed by atoms with Gasteiger partial charge in [0.15, 0.2) is 5.16 Å². The number of hydrogen-bond acceptors (Lipinski definition) is 7. The van der Waals surface area contributed by atoms with Gasteiger partial charge in [-0.2, -0.15) is 15.0 Å². The highest BCUT2D eigenvalue weighted by Gasteiger charge is 2.05. The fourth-order valence-electron chi connectivity index (χ4n) is 0.903. The first-order chi connectivity index (χ1) is 7.76. The Hall–Kier alpha value is -1.08. The molecule has 1 aromatic rings. The summed E-state index contributed by atoms with van der Waals surface area (Å²) < 4.78 is 5.28. The lowest BCUT2D eigenvalue weighted by molar-refractivity contribution is 0.288. The summed E-state index contributed by atoms with van der Waals surface area (Å²) in [5, 5.41) is 9.19. The largest absolute Gasteiger partial charge is 0.463 e. The van der Waals surface area contributed by atoms with Gasteiger partial charge in [-0.1, -0.05) is 18.7 Å². The minimum atomic E-state index is 0.159. The molecule has 0 spiro atoms. The van der Waals surface area contributed by atoms with Crippen molar-refractivity contribution >= 4 is 17.7 Å². The highest BCUT2D eigenvalue weighted by Crippen LogP contribution is 2.17. The van der Waals surface area contributed by atoms with E-state index in [0.717, 1.165) is 12.2 Å². The van der Waals surface area contributed by atoms with Crippen LogP contribution in [0.1, 0.15) is 19.8 Å². The maximum Gasteiger partial charge on any atom is 0.322 e. The molecule has 0 aliphatic rings. The second-order valence-electron chi connectivity index (χ2n) is 3.03. The van der Waals surface area contributed by atoms with Crippen molar-refractivity contribution in [1.29, 1.82) is 0 Å². The van der Waals surface area contributed by atoms with Gasteiger partial charge in [0.05, 0.1) is 6.61 Å². The average molecular weight is 244 g/mol. The molecule has 0 aliphatic heterocycles. The smallest absolute Gasteiger partial charge is 0.322 e. The maximum atomic E-state index is 8.65. The Kier molecular flexibility index (Phi) is 5.87. The van der Waals surface area contributed by atoms with Gasteiger partial charge in [0.25, 0.3) is 0 Å². The van der Waals surface area contributed by atoms with E-state index >= 15 is 0 Å². The molecule has 0 radical (unpaired) electrons. The number of aliphatic hydroxyl groups excluding tert-OH is 1. The summed E-state index contributed by atoms with van der Waals surface area (Å²) in [5.41, 5.74) is 5.53. The van der Waals surface area contributed by atoms with Crippen LogP contribution in [-0.2, 0) is 0 Å². The third-order valence-electron chi connectivity index (χ3n) is 1.58. The van der Waals surface area contributed by atoms with Crippen LogP contribution in [0, 0.1) is 0 Å². The predicted octanol–water partition coefficient (Wildman–Crippen LogP) is 0.717. The van der Waals surface area contributed by atoms with Gasteiger partial charge < -0.3 is 15.6 Å². The number of nitrogens with zero attached hydrogens (tertiary/aromatic N) is 3. The van der Waals surface area contributed by atoms with Gasteiger partial charge >= 0.3 is 6.01 Å². The van der Waals surface area contributed by atoms with Crippen molar-refractivity contribution in [1.82, 2.24) is 15.0 Å². The van der Waals surface area contributed by atoms with Crippen LogP contribution >= 0.6 is 11.8 Å². The molecule has 0 bridgehead atoms. The van der Waals surface area contributed by atoms with E-state index in [9.17, 15) is 0 Å². The molecule has 0 saturated carbocycles. The standard InChI is InChI=1S/C9H16N4O2S/c1-2-5-15-8-11-7(10)12-9(13-8)16-6-3-4-14/h14H,2-6H2,1H3,(H2,10,11,12,13). The number of aromatic nitrogens is 3. The van der Waals surface area contributed by atoms with E-state index in [4.69, 9.17) is 15.6 Å². The molecule has 0 aromatic carbocycles. The minimum Gasteiger partial charge on any atom is -0.463 e. The molecule has 0 atom stereocenters. The lowest BCUT2D eigenvalue weighted by Gasteiger charge is -2.04. The number of anilines is 1. The Morgan fingerprint density at radius 1 is 1.38 bits per heavy atom. The summed E-state index contributed by atoms with van der Waals surface area (Å²) in [5.74, 6) is 0.903. The second kappa shape index (κ2) is 7.24. The highest BCUT2D eigenvalue weighted by atomic mass is 32.2. The number of thioether (sulfide) groups is 1. The zero-order valence-corrected chi connectivity index (χ0v) is 10.0. The fourth-order valence-corrected chi connectivity index (χ4v) is 1.66. The summed E-state index contributed by atoms with van der Waals surface area (Å²) in [6.45, 7) is 2.72. The lowest BCUT2D eigenvalue weighted by Crippen LogP contribution is -2.05. The van der Waals surface area contributed by atoms with E-state index in [0.29, 0.717) is 18.2 Å². The van der Waals surface area contributed by atoms with Crippen LogP contribution in [0.3, 0.4) is 0 Å². The van der Waals surface area contributed by atoms with E-state index in [1.54, 1.807) is 0 Å². The zero-order valence-electron chi connectivity index (χ0n) is 9.22. The monoisotopic (exact) mass is 244 g/mol. The minimum absolute atomic E-state index is 0.159. The highest BCUT2D eigenvalue weighted by molar-refractivity contribution is 7.99. The summed E-state index contributed by atoms with van der Waals surface area (Å²) in [4.78, 5) is 11.9. The number of nitrogen functional groups attached to an aromatic ring is 1. The van der Waals surface area contributed by atoms with Gasteiger partial charge in [0.1, 0.15) is 0 Å². The number of ether oxygens (including phenoxy) is 1. The Labute approximate surface area is 98.7 Å². The third-order valence-corrected chi connectivity index (χ3v) is 2.51. The molecule has 16 heavy (non-hydrogen) atoms. The van der Waals surface area contributed by atoms with Crippen molar-refractivity contribution in [3.63, 3.8) is 0 Å². The molecule has 0 fully saturated rings. The summed E-state index contributed by atoms with van der Waals surface area (Å²) in [6, 6.07) is 0.265. The number of aliphatic hydroxyl groups is 1. The molecule has 7 heteroatoms. The molecule has 1 rings (SSSR count). The molecular weight excluding hydrogens is 228 g/mol. The first-order valence-electron chi connectivity index (χ1n) is 5.14. The number of hydrogen-bond donors (Lipinski definition) is 2. The van der Waals surface area contributed by atoms with Gasteiger partial charge in [-0.25, -0.2) is 0 Å². The predicted molar refractivity (Wildman–Crippen MR) is 62.5 cm³/mol. The first-order valence-corrected chi connectivity index (χ1v) is 6.12. The van der Waals surface area contributed by atoms with Crippen molar-refractivity contribution in [2.45, 2.75) is 24.9 Å². The van der Waals surface area contributed by atoms with Crippen molar-refractivity contribution in [2.75, 3.05) is 24.7 Å². The van der Waals surface area contributed by atoms with Gasteiger partial charge in [-0.15, -0.1) is 0 Å². The van der Waals surface area contributed by atoms with E-state index < -0.39 is 0 Å². The normalized spacial score (nSPS) is 10.4. The molecule has 0 aliphatic carbocycles. The first kappa shape index (κ1) is 13.0. The Bertz CT molecular complexity index is 324. The average Bonchev–Trinajstić information content (AvgIpc) is 2.26. The molecular formula is C9H16N4O2S. The molecule has 0 unspecified atom stereocenters. The zero-order chi connectivity index (χ0) is 11.8. The molecule has 1 heterocycles. The van der Waals surface area contributed by atoms with E-state index in [1.807, 2.05) is 6.92 Å². The lowest BCUT2D eigenvalue weighted by atomic mass is 10.5. The van der Waals surface area contributed by atoms with Crippen LogP contribution in [0.5, 0.6) is 6.01 Å².